The van der Waals surface area contributed by atoms with E-state index >= 15 is 0 Å². The Hall–Kier alpha value is -2.62. The molecule has 4 heteroatoms. The van der Waals surface area contributed by atoms with Gasteiger partial charge in [-0.2, -0.15) is 0 Å². The Kier molecular flexibility index (Phi) is 5.62. The zero-order chi connectivity index (χ0) is 18.6. The van der Waals surface area contributed by atoms with E-state index in [9.17, 15) is 9.59 Å². The minimum absolute atomic E-state index is 0.295. The van der Waals surface area contributed by atoms with Crippen molar-refractivity contribution in [1.82, 2.24) is 5.32 Å². The van der Waals surface area contributed by atoms with E-state index in [0.717, 1.165) is 27.9 Å². The smallest absolute Gasteiger partial charge is 0.239 e. The normalized spacial score (nSPS) is 11.1. The predicted octanol–water partition coefficient (Wildman–Crippen LogP) is 3.89. The van der Waals surface area contributed by atoms with Gasteiger partial charge < -0.3 is 10.6 Å². The Balaban J connectivity index is 2.03. The Morgan fingerprint density at radius 1 is 0.920 bits per heavy atom. The average Bonchev–Trinajstić information content (AvgIpc) is 2.55. The molecule has 0 bridgehead atoms. The van der Waals surface area contributed by atoms with E-state index in [2.05, 4.69) is 10.6 Å². The lowest BCUT2D eigenvalue weighted by atomic mass is 9.90. The van der Waals surface area contributed by atoms with Gasteiger partial charge in [-0.25, -0.2) is 0 Å². The Bertz CT molecular complexity index is 794. The summed E-state index contributed by atoms with van der Waals surface area (Å²) < 4.78 is 0. The summed E-state index contributed by atoms with van der Waals surface area (Å²) in [6.45, 7) is 9.62. The van der Waals surface area contributed by atoms with Gasteiger partial charge in [0.15, 0.2) is 0 Å². The molecule has 2 rings (SSSR count). The molecule has 0 unspecified atom stereocenters. The van der Waals surface area contributed by atoms with E-state index in [1.165, 1.54) is 0 Å². The SMILES string of the molecule is Cc1cccc(CNC(=O)C(C)(C)C(=O)Nc2ccc(C)cc2C)c1. The summed E-state index contributed by atoms with van der Waals surface area (Å²) in [7, 11) is 0. The fraction of sp³-hybridized carbons (Fsp3) is 0.333. The molecular weight excluding hydrogens is 312 g/mol. The van der Waals surface area contributed by atoms with Crippen LogP contribution in [0.2, 0.25) is 0 Å². The van der Waals surface area contributed by atoms with Crippen LogP contribution in [-0.4, -0.2) is 11.8 Å². The minimum Gasteiger partial charge on any atom is -0.351 e. The summed E-state index contributed by atoms with van der Waals surface area (Å²) >= 11 is 0. The predicted molar refractivity (Wildman–Crippen MR) is 101 cm³/mol. The van der Waals surface area contributed by atoms with E-state index in [0.29, 0.717) is 6.54 Å². The first-order chi connectivity index (χ1) is 11.7. The molecule has 0 saturated heterocycles. The summed E-state index contributed by atoms with van der Waals surface area (Å²) in [5, 5.41) is 5.72. The highest BCUT2D eigenvalue weighted by Gasteiger charge is 2.36. The molecule has 0 radical (unpaired) electrons. The average molecular weight is 338 g/mol. The topological polar surface area (TPSA) is 58.2 Å². The molecule has 0 atom stereocenters. The van der Waals surface area contributed by atoms with Crippen molar-refractivity contribution in [2.24, 2.45) is 5.41 Å². The molecule has 2 aromatic rings. The van der Waals surface area contributed by atoms with Crippen LogP contribution >= 0.6 is 0 Å². The van der Waals surface area contributed by atoms with Crippen LogP contribution in [-0.2, 0) is 16.1 Å². The number of nitrogens with one attached hydrogen (secondary N) is 2. The minimum atomic E-state index is -1.17. The molecule has 0 saturated carbocycles. The van der Waals surface area contributed by atoms with Crippen LogP contribution in [0.15, 0.2) is 42.5 Å². The summed E-state index contributed by atoms with van der Waals surface area (Å²) in [5.74, 6) is -0.613. The number of carbonyl (C=O) groups is 2. The third kappa shape index (κ3) is 4.69. The lowest BCUT2D eigenvalue weighted by molar-refractivity contribution is -0.138. The van der Waals surface area contributed by atoms with Gasteiger partial charge in [-0.3, -0.25) is 9.59 Å². The summed E-state index contributed by atoms with van der Waals surface area (Å²) in [5.41, 5.74) is 3.82. The molecule has 2 amide bonds. The molecule has 2 N–H and O–H groups in total. The van der Waals surface area contributed by atoms with E-state index in [1.54, 1.807) is 13.8 Å². The second kappa shape index (κ2) is 7.51. The van der Waals surface area contributed by atoms with E-state index in [4.69, 9.17) is 0 Å². The molecule has 0 fully saturated rings. The molecule has 25 heavy (non-hydrogen) atoms. The largest absolute Gasteiger partial charge is 0.351 e. The van der Waals surface area contributed by atoms with Gasteiger partial charge in [0.25, 0.3) is 0 Å². The molecule has 0 heterocycles. The van der Waals surface area contributed by atoms with Gasteiger partial charge >= 0.3 is 0 Å². The number of benzene rings is 2. The Labute approximate surface area is 149 Å². The van der Waals surface area contributed by atoms with Crippen LogP contribution < -0.4 is 10.6 Å². The Morgan fingerprint density at radius 2 is 1.60 bits per heavy atom. The van der Waals surface area contributed by atoms with Crippen LogP contribution in [0.4, 0.5) is 5.69 Å². The van der Waals surface area contributed by atoms with Gasteiger partial charge in [0.2, 0.25) is 11.8 Å². The highest BCUT2D eigenvalue weighted by molar-refractivity contribution is 6.10. The van der Waals surface area contributed by atoms with Crippen LogP contribution in [0.5, 0.6) is 0 Å². The van der Waals surface area contributed by atoms with E-state index in [-0.39, 0.29) is 11.8 Å². The molecule has 132 valence electrons. The maximum Gasteiger partial charge on any atom is 0.239 e. The third-order valence-corrected chi connectivity index (χ3v) is 4.30. The van der Waals surface area contributed by atoms with Gasteiger partial charge in [-0.05, 0) is 51.8 Å². The third-order valence-electron chi connectivity index (χ3n) is 4.30. The molecule has 0 aromatic heterocycles. The van der Waals surface area contributed by atoms with Gasteiger partial charge in [0.1, 0.15) is 5.41 Å². The number of hydrogen-bond donors (Lipinski definition) is 2. The standard InChI is InChI=1S/C21H26N2O2/c1-14-7-6-8-17(12-14)13-22-19(24)21(4,5)20(25)23-18-10-9-15(2)11-16(18)3/h6-12H,13H2,1-5H3,(H,22,24)(H,23,25). The van der Waals surface area contributed by atoms with Crippen LogP contribution in [0.3, 0.4) is 0 Å². The summed E-state index contributed by atoms with van der Waals surface area (Å²) in [4.78, 5) is 25.1. The number of carbonyl (C=O) groups excluding carboxylic acids is 2. The van der Waals surface area contributed by atoms with E-state index in [1.807, 2.05) is 63.2 Å². The summed E-state index contributed by atoms with van der Waals surface area (Å²) in [6, 6.07) is 13.7. The number of rotatable bonds is 5. The second-order valence-corrected chi connectivity index (χ2v) is 7.07. The van der Waals surface area contributed by atoms with Gasteiger partial charge in [-0.1, -0.05) is 47.5 Å². The van der Waals surface area contributed by atoms with Crippen molar-refractivity contribution >= 4 is 17.5 Å². The second-order valence-electron chi connectivity index (χ2n) is 7.07. The number of anilines is 1. The van der Waals surface area contributed by atoms with Crippen molar-refractivity contribution in [1.29, 1.82) is 0 Å². The maximum absolute atomic E-state index is 12.6. The molecular formula is C21H26N2O2. The number of amides is 2. The number of aryl methyl sites for hydroxylation is 3. The van der Waals surface area contributed by atoms with Crippen LogP contribution in [0.25, 0.3) is 0 Å². The monoisotopic (exact) mass is 338 g/mol. The van der Waals surface area contributed by atoms with Crippen LogP contribution in [0, 0.1) is 26.2 Å². The zero-order valence-electron chi connectivity index (χ0n) is 15.6. The van der Waals surface area contributed by atoms with Crippen molar-refractivity contribution in [3.8, 4) is 0 Å². The number of hydrogen-bond acceptors (Lipinski definition) is 2. The molecule has 0 spiro atoms. The van der Waals surface area contributed by atoms with E-state index < -0.39 is 5.41 Å². The van der Waals surface area contributed by atoms with Crippen molar-refractivity contribution in [3.05, 3.63) is 64.7 Å². The highest BCUT2D eigenvalue weighted by Crippen LogP contribution is 2.22. The highest BCUT2D eigenvalue weighted by atomic mass is 16.2. The fourth-order valence-electron chi connectivity index (χ4n) is 2.56. The molecule has 4 nitrogen and oxygen atoms in total. The van der Waals surface area contributed by atoms with Crippen molar-refractivity contribution in [3.63, 3.8) is 0 Å². The first-order valence-corrected chi connectivity index (χ1v) is 8.42. The Morgan fingerprint density at radius 3 is 2.24 bits per heavy atom. The lowest BCUT2D eigenvalue weighted by Gasteiger charge is -2.23. The molecule has 0 aliphatic rings. The quantitative estimate of drug-likeness (QED) is 0.813. The molecule has 0 aliphatic heterocycles. The zero-order valence-corrected chi connectivity index (χ0v) is 15.6. The summed E-state index contributed by atoms with van der Waals surface area (Å²) in [6.07, 6.45) is 0. The van der Waals surface area contributed by atoms with Crippen LogP contribution in [0.1, 0.15) is 36.1 Å². The molecule has 2 aromatic carbocycles. The van der Waals surface area contributed by atoms with Crippen molar-refractivity contribution in [2.75, 3.05) is 5.32 Å². The lowest BCUT2D eigenvalue weighted by Crippen LogP contribution is -2.45. The maximum atomic E-state index is 12.6. The molecule has 0 aliphatic carbocycles. The van der Waals surface area contributed by atoms with Gasteiger partial charge in [-0.15, -0.1) is 0 Å². The van der Waals surface area contributed by atoms with Gasteiger partial charge in [0, 0.05) is 12.2 Å². The van der Waals surface area contributed by atoms with Gasteiger partial charge in [0.05, 0.1) is 0 Å². The van der Waals surface area contributed by atoms with Crippen molar-refractivity contribution < 1.29 is 9.59 Å². The first kappa shape index (κ1) is 18.7. The fourth-order valence-corrected chi connectivity index (χ4v) is 2.56. The van der Waals surface area contributed by atoms with Crippen molar-refractivity contribution in [2.45, 2.75) is 41.2 Å². The first-order valence-electron chi connectivity index (χ1n) is 8.42.